The summed E-state index contributed by atoms with van der Waals surface area (Å²) in [4.78, 5) is 48.3. The standard InChI is InChI=1S/C35H35F3N8O6/c1-49-34(35(36,37)38,23-5-3-2-4-6-23)30(47)52-28-19-26-20-51-21-27(28)46(26)32-43-29(42-31(44-32)45-15-17-50-18-16-45)22-7-9-24(10-8-22)40-33(48)41-25-11-13-39-14-12-25/h2-14,26-28H,15-21H2,1H3,(H2,39,40,41,48)/t26-,27-,28-,34+/m1/s1. The minimum absolute atomic E-state index is 0.0572. The molecule has 2 N–H and O–H groups in total. The number of fused-ring (bicyclic) bond motifs is 2. The highest BCUT2D eigenvalue weighted by molar-refractivity contribution is 5.99. The topological polar surface area (TPSA) is 153 Å². The number of pyridine rings is 1. The van der Waals surface area contributed by atoms with E-state index in [0.717, 1.165) is 7.11 Å². The number of halogens is 3. The van der Waals surface area contributed by atoms with E-state index in [9.17, 15) is 22.8 Å². The molecule has 17 heteroatoms. The Hall–Kier alpha value is -5.39. The van der Waals surface area contributed by atoms with Crippen molar-refractivity contribution in [3.8, 4) is 11.4 Å². The minimum Gasteiger partial charge on any atom is -0.457 e. The fourth-order valence-corrected chi connectivity index (χ4v) is 6.63. The van der Waals surface area contributed by atoms with Crippen LogP contribution in [-0.4, -0.2) is 103 Å². The van der Waals surface area contributed by atoms with Crippen LogP contribution in [0.3, 0.4) is 0 Å². The van der Waals surface area contributed by atoms with E-state index in [1.54, 1.807) is 54.9 Å². The number of carbonyl (C=O) groups excluding carboxylic acids is 2. The number of nitrogens with one attached hydrogen (secondary N) is 2. The van der Waals surface area contributed by atoms with Gasteiger partial charge in [0.05, 0.1) is 38.5 Å². The number of aromatic nitrogens is 4. The van der Waals surface area contributed by atoms with Gasteiger partial charge in [-0.1, -0.05) is 30.3 Å². The number of esters is 1. The normalized spacial score (nSPS) is 21.3. The zero-order valence-corrected chi connectivity index (χ0v) is 28.0. The maximum atomic E-state index is 14.7. The first-order valence-electron chi connectivity index (χ1n) is 16.6. The Balaban J connectivity index is 1.16. The van der Waals surface area contributed by atoms with Gasteiger partial charge >= 0.3 is 18.2 Å². The first-order valence-corrected chi connectivity index (χ1v) is 16.6. The van der Waals surface area contributed by atoms with Gasteiger partial charge in [0.2, 0.25) is 11.9 Å². The number of carbonyl (C=O) groups is 2. The van der Waals surface area contributed by atoms with Crippen LogP contribution < -0.4 is 20.4 Å². The fourth-order valence-electron chi connectivity index (χ4n) is 6.63. The van der Waals surface area contributed by atoms with E-state index < -0.39 is 47.5 Å². The van der Waals surface area contributed by atoms with Gasteiger partial charge in [0, 0.05) is 61.5 Å². The summed E-state index contributed by atoms with van der Waals surface area (Å²) in [6.07, 6.45) is -2.79. The lowest BCUT2D eigenvalue weighted by Gasteiger charge is -2.37. The van der Waals surface area contributed by atoms with Gasteiger partial charge in [0.15, 0.2) is 5.82 Å². The summed E-state index contributed by atoms with van der Waals surface area (Å²) in [5.41, 5.74) is -1.99. The molecule has 0 unspecified atom stereocenters. The van der Waals surface area contributed by atoms with Crippen LogP contribution in [0.2, 0.25) is 0 Å². The van der Waals surface area contributed by atoms with Crippen molar-refractivity contribution in [1.29, 1.82) is 0 Å². The van der Waals surface area contributed by atoms with E-state index >= 15 is 0 Å². The molecule has 3 aliphatic heterocycles. The molecular weight excluding hydrogens is 685 g/mol. The second-order valence-electron chi connectivity index (χ2n) is 12.3. The largest absolute Gasteiger partial charge is 0.457 e. The Morgan fingerprint density at radius 3 is 2.19 bits per heavy atom. The number of morpholine rings is 2. The van der Waals surface area contributed by atoms with Crippen LogP contribution in [-0.2, 0) is 29.3 Å². The number of hydrogen-bond donors (Lipinski definition) is 2. The predicted octanol–water partition coefficient (Wildman–Crippen LogP) is 4.41. The molecule has 3 fully saturated rings. The van der Waals surface area contributed by atoms with Crippen molar-refractivity contribution in [3.63, 3.8) is 0 Å². The molecule has 2 aromatic heterocycles. The van der Waals surface area contributed by atoms with Gasteiger partial charge in [-0.25, -0.2) is 9.59 Å². The molecule has 7 rings (SSSR count). The third kappa shape index (κ3) is 6.93. The highest BCUT2D eigenvalue weighted by atomic mass is 19.4. The molecule has 2 amide bonds. The molecule has 0 saturated carbocycles. The number of nitrogens with zero attached hydrogens (tertiary/aromatic N) is 6. The molecule has 0 radical (unpaired) electrons. The molecule has 14 nitrogen and oxygen atoms in total. The van der Waals surface area contributed by atoms with Crippen molar-refractivity contribution in [2.24, 2.45) is 0 Å². The fraction of sp³-hybridized carbons (Fsp3) is 0.371. The summed E-state index contributed by atoms with van der Waals surface area (Å²) in [5, 5.41) is 5.51. The van der Waals surface area contributed by atoms with Crippen LogP contribution in [0.25, 0.3) is 11.4 Å². The number of benzene rings is 2. The van der Waals surface area contributed by atoms with E-state index in [0.29, 0.717) is 55.0 Å². The van der Waals surface area contributed by atoms with Crippen molar-refractivity contribution in [2.45, 2.75) is 36.4 Å². The maximum absolute atomic E-state index is 14.7. The van der Waals surface area contributed by atoms with Gasteiger partial charge in [-0.15, -0.1) is 0 Å². The molecule has 0 aliphatic carbocycles. The smallest absolute Gasteiger partial charge is 0.432 e. The van der Waals surface area contributed by atoms with Crippen molar-refractivity contribution >= 4 is 35.3 Å². The van der Waals surface area contributed by atoms with Crippen LogP contribution >= 0.6 is 0 Å². The van der Waals surface area contributed by atoms with E-state index in [-0.39, 0.29) is 25.6 Å². The van der Waals surface area contributed by atoms with Gasteiger partial charge in [0.1, 0.15) is 6.10 Å². The van der Waals surface area contributed by atoms with Crippen LogP contribution in [0.15, 0.2) is 79.1 Å². The Labute approximate surface area is 296 Å². The van der Waals surface area contributed by atoms with Crippen LogP contribution in [0, 0.1) is 0 Å². The molecule has 3 aliphatic rings. The van der Waals surface area contributed by atoms with Gasteiger partial charge in [0.25, 0.3) is 5.60 Å². The number of alkyl halides is 3. The maximum Gasteiger partial charge on any atom is 0.432 e. The average Bonchev–Trinajstić information content (AvgIpc) is 3.36. The quantitative estimate of drug-likeness (QED) is 0.236. The van der Waals surface area contributed by atoms with E-state index in [2.05, 4.69) is 15.6 Å². The molecule has 52 heavy (non-hydrogen) atoms. The lowest BCUT2D eigenvalue weighted by Crippen LogP contribution is -2.54. The van der Waals surface area contributed by atoms with Crippen molar-refractivity contribution in [2.75, 3.05) is 67.1 Å². The molecule has 2 aromatic carbocycles. The van der Waals surface area contributed by atoms with Crippen LogP contribution in [0.5, 0.6) is 0 Å². The summed E-state index contributed by atoms with van der Waals surface area (Å²) in [7, 11) is 0.837. The predicted molar refractivity (Wildman–Crippen MR) is 182 cm³/mol. The summed E-state index contributed by atoms with van der Waals surface area (Å²) in [5.74, 6) is -0.585. The molecule has 272 valence electrons. The van der Waals surface area contributed by atoms with Gasteiger partial charge in [-0.2, -0.15) is 28.1 Å². The Morgan fingerprint density at radius 2 is 1.52 bits per heavy atom. The third-order valence-corrected chi connectivity index (χ3v) is 9.19. The third-order valence-electron chi connectivity index (χ3n) is 9.19. The number of urea groups is 1. The monoisotopic (exact) mass is 720 g/mol. The lowest BCUT2D eigenvalue weighted by molar-refractivity contribution is -0.278. The van der Waals surface area contributed by atoms with Crippen LogP contribution in [0.4, 0.5) is 41.2 Å². The molecular formula is C35H35F3N8O6. The zero-order chi connectivity index (χ0) is 36.3. The lowest BCUT2D eigenvalue weighted by atomic mass is 9.92. The number of hydrogen-bond acceptors (Lipinski definition) is 12. The highest BCUT2D eigenvalue weighted by Crippen LogP contribution is 2.44. The Kier molecular flexibility index (Phi) is 9.90. The first kappa shape index (κ1) is 35.0. The summed E-state index contributed by atoms with van der Waals surface area (Å²) >= 11 is 0. The number of amides is 2. The Bertz CT molecular complexity index is 1870. The minimum atomic E-state index is -5.12. The summed E-state index contributed by atoms with van der Waals surface area (Å²) in [6, 6.07) is 15.4. The van der Waals surface area contributed by atoms with E-state index in [1.165, 1.54) is 24.3 Å². The molecule has 4 aromatic rings. The molecule has 5 heterocycles. The van der Waals surface area contributed by atoms with Crippen molar-refractivity contribution in [1.82, 2.24) is 19.9 Å². The summed E-state index contributed by atoms with van der Waals surface area (Å²) in [6.45, 7) is 2.28. The number of rotatable bonds is 9. The van der Waals surface area contributed by atoms with Crippen LogP contribution in [0.1, 0.15) is 12.0 Å². The second-order valence-corrected chi connectivity index (χ2v) is 12.3. The Morgan fingerprint density at radius 1 is 0.846 bits per heavy atom. The highest BCUT2D eigenvalue weighted by Gasteiger charge is 2.65. The molecule has 0 spiro atoms. The molecule has 3 saturated heterocycles. The number of ether oxygens (including phenoxy) is 4. The van der Waals surface area contributed by atoms with Gasteiger partial charge in [-0.3, -0.25) is 4.98 Å². The molecule has 2 bridgehead atoms. The first-order chi connectivity index (χ1) is 25.2. The SMILES string of the molecule is CO[C@](C(=O)O[C@@H]1C[C@@H]2COC[C@H]1N2c1nc(-c2ccc(NC(=O)Nc3ccncc3)cc2)nc(N2CCOCC2)n1)(c1ccccc1)C(F)(F)F. The van der Waals surface area contributed by atoms with Gasteiger partial charge in [-0.05, 0) is 36.4 Å². The average molecular weight is 721 g/mol. The number of anilines is 4. The van der Waals surface area contributed by atoms with E-state index in [1.807, 2.05) is 9.80 Å². The second kappa shape index (κ2) is 14.7. The summed E-state index contributed by atoms with van der Waals surface area (Å²) < 4.78 is 66.0. The molecule has 4 atom stereocenters. The number of methoxy groups -OCH3 is 1. The van der Waals surface area contributed by atoms with Crippen molar-refractivity contribution < 1.29 is 41.7 Å². The zero-order valence-electron chi connectivity index (χ0n) is 28.0. The van der Waals surface area contributed by atoms with Crippen molar-refractivity contribution in [3.05, 3.63) is 84.7 Å². The van der Waals surface area contributed by atoms with E-state index in [4.69, 9.17) is 33.9 Å². The van der Waals surface area contributed by atoms with Gasteiger partial charge < -0.3 is 39.4 Å².